The number of hydrogen-bond acceptors (Lipinski definition) is 5. The Bertz CT molecular complexity index is 665. The minimum Gasteiger partial charge on any atom is -0.461 e. The summed E-state index contributed by atoms with van der Waals surface area (Å²) in [7, 11) is 0. The standard InChI is InChI=1S/C14H12N4O/c15-14-17-12(9-10-5-2-1-3-6-10)16-13(18-14)11-7-4-8-19-11/h1-8H,9H2,(H2,15,16,17,18). The molecule has 0 saturated heterocycles. The highest BCUT2D eigenvalue weighted by atomic mass is 16.3. The average molecular weight is 252 g/mol. The lowest BCUT2D eigenvalue weighted by atomic mass is 10.1. The van der Waals surface area contributed by atoms with Gasteiger partial charge in [0.25, 0.3) is 0 Å². The third kappa shape index (κ3) is 2.60. The second-order valence-corrected chi connectivity index (χ2v) is 4.07. The molecule has 2 N–H and O–H groups in total. The summed E-state index contributed by atoms with van der Waals surface area (Å²) in [6.45, 7) is 0. The predicted octanol–water partition coefficient (Wildman–Crippen LogP) is 2.30. The molecular formula is C14H12N4O. The quantitative estimate of drug-likeness (QED) is 0.773. The number of anilines is 1. The minimum atomic E-state index is 0.201. The first-order valence-corrected chi connectivity index (χ1v) is 5.89. The van der Waals surface area contributed by atoms with Crippen molar-refractivity contribution in [2.24, 2.45) is 0 Å². The number of nitrogens with zero attached hydrogens (tertiary/aromatic N) is 3. The fourth-order valence-electron chi connectivity index (χ4n) is 1.81. The topological polar surface area (TPSA) is 77.8 Å². The second kappa shape index (κ2) is 4.89. The van der Waals surface area contributed by atoms with E-state index in [1.807, 2.05) is 30.3 Å². The van der Waals surface area contributed by atoms with Crippen molar-refractivity contribution in [1.82, 2.24) is 15.0 Å². The van der Waals surface area contributed by atoms with Gasteiger partial charge in [-0.15, -0.1) is 0 Å². The van der Waals surface area contributed by atoms with Gasteiger partial charge in [-0.2, -0.15) is 9.97 Å². The first-order valence-electron chi connectivity index (χ1n) is 5.89. The highest BCUT2D eigenvalue weighted by Gasteiger charge is 2.09. The number of nitrogens with two attached hydrogens (primary N) is 1. The summed E-state index contributed by atoms with van der Waals surface area (Å²) in [5.41, 5.74) is 6.84. The van der Waals surface area contributed by atoms with Crippen molar-refractivity contribution >= 4 is 5.95 Å². The molecular weight excluding hydrogens is 240 g/mol. The van der Waals surface area contributed by atoms with E-state index in [9.17, 15) is 0 Å². The third-order valence-electron chi connectivity index (χ3n) is 2.65. The van der Waals surface area contributed by atoms with Crippen LogP contribution < -0.4 is 5.73 Å². The number of nitrogen functional groups attached to an aromatic ring is 1. The van der Waals surface area contributed by atoms with E-state index >= 15 is 0 Å². The summed E-state index contributed by atoms with van der Waals surface area (Å²) in [5, 5.41) is 0. The van der Waals surface area contributed by atoms with Gasteiger partial charge >= 0.3 is 0 Å². The smallest absolute Gasteiger partial charge is 0.223 e. The molecule has 5 heteroatoms. The van der Waals surface area contributed by atoms with E-state index in [1.54, 1.807) is 18.4 Å². The highest BCUT2D eigenvalue weighted by molar-refractivity contribution is 5.47. The molecule has 2 heterocycles. The van der Waals surface area contributed by atoms with Crippen LogP contribution in [0.25, 0.3) is 11.6 Å². The van der Waals surface area contributed by atoms with E-state index in [0.29, 0.717) is 23.8 Å². The molecule has 5 nitrogen and oxygen atoms in total. The van der Waals surface area contributed by atoms with Crippen LogP contribution in [0.2, 0.25) is 0 Å². The van der Waals surface area contributed by atoms with Gasteiger partial charge in [0.15, 0.2) is 5.76 Å². The van der Waals surface area contributed by atoms with Gasteiger partial charge in [-0.25, -0.2) is 4.98 Å². The lowest BCUT2D eigenvalue weighted by Gasteiger charge is -2.03. The van der Waals surface area contributed by atoms with Gasteiger partial charge in [0.05, 0.1) is 6.26 Å². The molecule has 2 aromatic heterocycles. The van der Waals surface area contributed by atoms with E-state index in [1.165, 1.54) is 0 Å². The van der Waals surface area contributed by atoms with E-state index < -0.39 is 0 Å². The molecule has 0 bridgehead atoms. The van der Waals surface area contributed by atoms with Crippen LogP contribution in [0.4, 0.5) is 5.95 Å². The molecule has 19 heavy (non-hydrogen) atoms. The summed E-state index contributed by atoms with van der Waals surface area (Å²) in [6.07, 6.45) is 2.19. The van der Waals surface area contributed by atoms with Crippen molar-refractivity contribution in [2.75, 3.05) is 5.73 Å². The molecule has 1 aromatic carbocycles. The summed E-state index contributed by atoms with van der Waals surface area (Å²) in [6, 6.07) is 13.5. The highest BCUT2D eigenvalue weighted by Crippen LogP contribution is 2.16. The Balaban J connectivity index is 1.94. The Morgan fingerprint density at radius 3 is 2.53 bits per heavy atom. The monoisotopic (exact) mass is 252 g/mol. The number of aromatic nitrogens is 3. The van der Waals surface area contributed by atoms with Gasteiger partial charge < -0.3 is 10.2 Å². The van der Waals surface area contributed by atoms with E-state index in [0.717, 1.165) is 5.56 Å². The fourth-order valence-corrected chi connectivity index (χ4v) is 1.81. The largest absolute Gasteiger partial charge is 0.461 e. The van der Waals surface area contributed by atoms with Crippen molar-refractivity contribution in [3.63, 3.8) is 0 Å². The number of benzene rings is 1. The summed E-state index contributed by atoms with van der Waals surface area (Å²) < 4.78 is 5.27. The molecule has 0 amide bonds. The third-order valence-corrected chi connectivity index (χ3v) is 2.65. The molecule has 94 valence electrons. The summed E-state index contributed by atoms with van der Waals surface area (Å²) in [5.74, 6) is 1.88. The number of hydrogen-bond donors (Lipinski definition) is 1. The average Bonchev–Trinajstić information content (AvgIpc) is 2.93. The first-order chi connectivity index (χ1) is 9.31. The Kier molecular flexibility index (Phi) is 2.94. The normalized spacial score (nSPS) is 10.5. The molecule has 3 rings (SSSR count). The van der Waals surface area contributed by atoms with Gasteiger partial charge in [0.1, 0.15) is 5.82 Å². The van der Waals surface area contributed by atoms with E-state index in [2.05, 4.69) is 15.0 Å². The molecule has 3 aromatic rings. The van der Waals surface area contributed by atoms with Crippen molar-refractivity contribution in [2.45, 2.75) is 6.42 Å². The van der Waals surface area contributed by atoms with Gasteiger partial charge in [0.2, 0.25) is 11.8 Å². The lowest BCUT2D eigenvalue weighted by molar-refractivity contribution is 0.576. The van der Waals surface area contributed by atoms with Gasteiger partial charge in [-0.3, -0.25) is 0 Å². The number of furan rings is 1. The van der Waals surface area contributed by atoms with Crippen LogP contribution >= 0.6 is 0 Å². The van der Waals surface area contributed by atoms with Crippen LogP contribution in [0.3, 0.4) is 0 Å². The lowest BCUT2D eigenvalue weighted by Crippen LogP contribution is -2.05. The van der Waals surface area contributed by atoms with Crippen molar-refractivity contribution in [3.05, 3.63) is 60.1 Å². The SMILES string of the molecule is Nc1nc(Cc2ccccc2)nc(-c2ccco2)n1. The van der Waals surface area contributed by atoms with E-state index in [4.69, 9.17) is 10.2 Å². The zero-order valence-corrected chi connectivity index (χ0v) is 10.2. The van der Waals surface area contributed by atoms with Crippen LogP contribution in [0.5, 0.6) is 0 Å². The van der Waals surface area contributed by atoms with Gasteiger partial charge in [0, 0.05) is 6.42 Å². The molecule has 0 aliphatic carbocycles. The number of rotatable bonds is 3. The second-order valence-electron chi connectivity index (χ2n) is 4.07. The maximum absolute atomic E-state index is 5.72. The van der Waals surface area contributed by atoms with Gasteiger partial charge in [-0.1, -0.05) is 30.3 Å². The fraction of sp³-hybridized carbons (Fsp3) is 0.0714. The maximum atomic E-state index is 5.72. The molecule has 0 aliphatic heterocycles. The zero-order valence-electron chi connectivity index (χ0n) is 10.2. The predicted molar refractivity (Wildman–Crippen MR) is 71.2 cm³/mol. The van der Waals surface area contributed by atoms with Crippen LogP contribution in [0.1, 0.15) is 11.4 Å². The molecule has 0 saturated carbocycles. The Morgan fingerprint density at radius 1 is 0.947 bits per heavy atom. The maximum Gasteiger partial charge on any atom is 0.223 e. The molecule has 0 unspecified atom stereocenters. The summed E-state index contributed by atoms with van der Waals surface area (Å²) >= 11 is 0. The van der Waals surface area contributed by atoms with Crippen LogP contribution in [0.15, 0.2) is 53.1 Å². The molecule has 0 fully saturated rings. The molecule has 0 atom stereocenters. The van der Waals surface area contributed by atoms with Crippen LogP contribution in [-0.4, -0.2) is 15.0 Å². The van der Waals surface area contributed by atoms with E-state index in [-0.39, 0.29) is 5.95 Å². The van der Waals surface area contributed by atoms with Crippen molar-refractivity contribution in [1.29, 1.82) is 0 Å². The van der Waals surface area contributed by atoms with Crippen LogP contribution in [0, 0.1) is 0 Å². The first kappa shape index (κ1) is 11.4. The van der Waals surface area contributed by atoms with Crippen molar-refractivity contribution < 1.29 is 4.42 Å². The molecule has 0 spiro atoms. The van der Waals surface area contributed by atoms with Crippen LogP contribution in [-0.2, 0) is 6.42 Å². The Morgan fingerprint density at radius 2 is 1.79 bits per heavy atom. The molecule has 0 radical (unpaired) electrons. The zero-order chi connectivity index (χ0) is 13.1. The minimum absolute atomic E-state index is 0.201. The molecule has 0 aliphatic rings. The van der Waals surface area contributed by atoms with Crippen molar-refractivity contribution in [3.8, 4) is 11.6 Å². The Hall–Kier alpha value is -2.69. The van der Waals surface area contributed by atoms with Gasteiger partial charge in [-0.05, 0) is 17.7 Å². The summed E-state index contributed by atoms with van der Waals surface area (Å²) in [4.78, 5) is 12.6. The Labute approximate surface area is 110 Å².